The molecule has 0 bridgehead atoms. The zero-order valence-corrected chi connectivity index (χ0v) is 11.8. The van der Waals surface area contributed by atoms with Crippen molar-refractivity contribution in [2.75, 3.05) is 27.2 Å². The summed E-state index contributed by atoms with van der Waals surface area (Å²) in [5.74, 6) is 0. The molecule has 0 radical (unpaired) electrons. The Balaban J connectivity index is 2.12. The molecule has 1 saturated heterocycles. The number of aromatic amines is 1. The third-order valence-corrected chi connectivity index (χ3v) is 3.01. The average molecular weight is 294 g/mol. The Kier molecular flexibility index (Phi) is 2.16. The number of rotatable bonds is 5. The van der Waals surface area contributed by atoms with E-state index in [-0.39, 0.29) is 12.1 Å². The van der Waals surface area contributed by atoms with Gasteiger partial charge < -0.3 is 19.9 Å². The van der Waals surface area contributed by atoms with Crippen LogP contribution in [0.2, 0.25) is 0 Å². The Labute approximate surface area is 134 Å². The number of fused-ring (bicyclic) bond motifs is 1. The van der Waals surface area contributed by atoms with Crippen molar-refractivity contribution in [2.45, 2.75) is 18.8 Å². The SMILES string of the molecule is [2H]C([2H])(CN(C)C)c1c[nH]c2ccc(C([2H])([2H])[C@]3([2H])NC(=O)OC3([2H])[2H])cc12. The second-order valence-corrected chi connectivity index (χ2v) is 4.99. The molecule has 1 fully saturated rings. The van der Waals surface area contributed by atoms with Gasteiger partial charge >= 0.3 is 6.09 Å². The molecule has 1 atom stereocenters. The van der Waals surface area contributed by atoms with Gasteiger partial charge in [-0.15, -0.1) is 0 Å². The van der Waals surface area contributed by atoms with E-state index in [1.165, 1.54) is 24.4 Å². The molecule has 5 nitrogen and oxygen atoms in total. The molecular formula is C16H21N3O2. The summed E-state index contributed by atoms with van der Waals surface area (Å²) in [5.41, 5.74) is 0.819. The molecule has 2 heterocycles. The topological polar surface area (TPSA) is 57.4 Å². The number of carbonyl (C=O) groups excluding carboxylic acids is 1. The molecule has 112 valence electrons. The van der Waals surface area contributed by atoms with E-state index in [1.54, 1.807) is 19.0 Å². The number of nitrogens with zero attached hydrogens (tertiary/aromatic N) is 1. The maximum absolute atomic E-state index is 11.5. The van der Waals surface area contributed by atoms with Gasteiger partial charge in [-0.3, -0.25) is 0 Å². The highest BCUT2D eigenvalue weighted by atomic mass is 16.6. The van der Waals surface area contributed by atoms with Crippen molar-refractivity contribution in [2.24, 2.45) is 0 Å². The Morgan fingerprint density at radius 3 is 3.14 bits per heavy atom. The number of hydrogen-bond donors (Lipinski definition) is 2. The number of alkyl carbamates (subject to hydrolysis) is 1. The molecule has 1 aromatic heterocycles. The number of benzene rings is 1. The molecule has 21 heavy (non-hydrogen) atoms. The van der Waals surface area contributed by atoms with Gasteiger partial charge in [0.05, 0.1) is 10.1 Å². The van der Waals surface area contributed by atoms with Gasteiger partial charge in [0.1, 0.15) is 6.56 Å². The first-order valence-corrected chi connectivity index (χ1v) is 6.49. The standard InChI is InChI=1S/C16H21N3O2/c1-19(2)6-5-12-9-17-15-4-3-11(8-14(12)15)7-13-10-21-16(20)18-13/h3-4,8-9,13,17H,5-7,10H2,1-2H3,(H,18,20)/t13-/m0/s1/i5D2,7D2,10D2,13D. The quantitative estimate of drug-likeness (QED) is 0.886. The molecule has 2 aromatic rings. The van der Waals surface area contributed by atoms with Gasteiger partial charge in [0, 0.05) is 29.1 Å². The van der Waals surface area contributed by atoms with Crippen LogP contribution in [0.25, 0.3) is 10.9 Å². The first-order chi connectivity index (χ1) is 12.7. The lowest BCUT2D eigenvalue weighted by Crippen LogP contribution is -2.28. The smallest absolute Gasteiger partial charge is 0.407 e. The fourth-order valence-electron chi connectivity index (χ4n) is 2.04. The van der Waals surface area contributed by atoms with Crippen LogP contribution in [0.3, 0.4) is 0 Å². The summed E-state index contributed by atoms with van der Waals surface area (Å²) in [7, 11) is 3.48. The summed E-state index contributed by atoms with van der Waals surface area (Å²) in [4.78, 5) is 16.1. The number of H-pyrrole nitrogens is 1. The number of hydrogen-bond acceptors (Lipinski definition) is 3. The largest absolute Gasteiger partial charge is 0.447 e. The molecule has 0 aliphatic carbocycles. The summed E-state index contributed by atoms with van der Waals surface area (Å²) in [6.45, 7) is -2.80. The van der Waals surface area contributed by atoms with Crippen molar-refractivity contribution in [3.8, 4) is 0 Å². The van der Waals surface area contributed by atoms with E-state index >= 15 is 0 Å². The van der Waals surface area contributed by atoms with E-state index in [9.17, 15) is 4.79 Å². The van der Waals surface area contributed by atoms with E-state index in [2.05, 4.69) is 9.72 Å². The molecule has 0 saturated carbocycles. The molecule has 5 heteroatoms. The Morgan fingerprint density at radius 2 is 2.43 bits per heavy atom. The second-order valence-electron chi connectivity index (χ2n) is 4.99. The van der Waals surface area contributed by atoms with Crippen LogP contribution in [0.1, 0.15) is 20.7 Å². The Bertz CT molecular complexity index is 928. The number of nitrogens with one attached hydrogen (secondary N) is 2. The Morgan fingerprint density at radius 1 is 1.57 bits per heavy atom. The summed E-state index contributed by atoms with van der Waals surface area (Å²) in [6.07, 6.45) is -4.09. The summed E-state index contributed by atoms with van der Waals surface area (Å²) >= 11 is 0. The molecule has 1 aliphatic rings. The van der Waals surface area contributed by atoms with Crippen LogP contribution >= 0.6 is 0 Å². The zero-order valence-electron chi connectivity index (χ0n) is 18.8. The fraction of sp³-hybridized carbons (Fsp3) is 0.438. The first-order valence-electron chi connectivity index (χ1n) is 9.99. The van der Waals surface area contributed by atoms with Gasteiger partial charge in [0.15, 0.2) is 0 Å². The minimum Gasteiger partial charge on any atom is -0.447 e. The lowest BCUT2D eigenvalue weighted by molar-refractivity contribution is 0.177. The lowest BCUT2D eigenvalue weighted by atomic mass is 10.0. The van der Waals surface area contributed by atoms with E-state index in [4.69, 9.17) is 9.60 Å². The molecule has 0 spiro atoms. The maximum Gasteiger partial charge on any atom is 0.407 e. The number of cyclic esters (lactones) is 1. The summed E-state index contributed by atoms with van der Waals surface area (Å²) in [6, 6.07) is 1.57. The van der Waals surface area contributed by atoms with Crippen molar-refractivity contribution in [1.29, 1.82) is 0 Å². The van der Waals surface area contributed by atoms with Crippen molar-refractivity contribution >= 4 is 17.0 Å². The van der Waals surface area contributed by atoms with Gasteiger partial charge in [-0.2, -0.15) is 0 Å². The van der Waals surface area contributed by atoms with E-state index in [1.807, 2.05) is 5.32 Å². The van der Waals surface area contributed by atoms with E-state index < -0.39 is 31.4 Å². The minimum absolute atomic E-state index is 0.0776. The zero-order chi connectivity index (χ0) is 21.1. The third-order valence-electron chi connectivity index (χ3n) is 3.01. The fourth-order valence-corrected chi connectivity index (χ4v) is 2.04. The highest BCUT2D eigenvalue weighted by Crippen LogP contribution is 2.21. The molecule has 0 unspecified atom stereocenters. The average Bonchev–Trinajstić information content (AvgIpc) is 3.04. The Hall–Kier alpha value is -2.01. The van der Waals surface area contributed by atoms with Crippen LogP contribution in [-0.4, -0.2) is 49.2 Å². The van der Waals surface area contributed by atoms with Gasteiger partial charge in [0.25, 0.3) is 0 Å². The number of amides is 1. The molecule has 1 aliphatic heterocycles. The first kappa shape index (κ1) is 7.84. The second kappa shape index (κ2) is 5.77. The van der Waals surface area contributed by atoms with Crippen LogP contribution in [0.15, 0.2) is 24.4 Å². The van der Waals surface area contributed by atoms with E-state index in [0.29, 0.717) is 16.5 Å². The van der Waals surface area contributed by atoms with Crippen molar-refractivity contribution < 1.29 is 19.1 Å². The maximum atomic E-state index is 11.5. The number of likely N-dealkylation sites (N-methyl/N-ethyl adjacent to an activating group) is 1. The van der Waals surface area contributed by atoms with Crippen molar-refractivity contribution in [3.05, 3.63) is 35.5 Å². The highest BCUT2D eigenvalue weighted by molar-refractivity contribution is 5.84. The number of ether oxygens (including phenoxy) is 1. The molecular weight excluding hydrogens is 266 g/mol. The van der Waals surface area contributed by atoms with Crippen molar-refractivity contribution in [1.82, 2.24) is 15.2 Å². The van der Waals surface area contributed by atoms with Gasteiger partial charge in [-0.05, 0) is 50.1 Å². The highest BCUT2D eigenvalue weighted by Gasteiger charge is 2.22. The van der Waals surface area contributed by atoms with Gasteiger partial charge in [-0.1, -0.05) is 6.07 Å². The predicted octanol–water partition coefficient (Wildman–Crippen LogP) is 1.92. The van der Waals surface area contributed by atoms with E-state index in [0.717, 1.165) is 0 Å². The summed E-state index contributed by atoms with van der Waals surface area (Å²) < 4.78 is 61.8. The van der Waals surface area contributed by atoms with Gasteiger partial charge in [0.2, 0.25) is 0 Å². The summed E-state index contributed by atoms with van der Waals surface area (Å²) in [5, 5.41) is 2.36. The molecule has 3 rings (SSSR count). The monoisotopic (exact) mass is 294 g/mol. The third kappa shape index (κ3) is 3.19. The molecule has 1 aromatic carbocycles. The molecule has 2 N–H and O–H groups in total. The lowest BCUT2D eigenvalue weighted by Gasteiger charge is -2.09. The van der Waals surface area contributed by atoms with Crippen LogP contribution in [-0.2, 0) is 17.5 Å². The molecule has 1 amide bonds. The van der Waals surface area contributed by atoms with Crippen LogP contribution in [0, 0.1) is 0 Å². The van der Waals surface area contributed by atoms with Crippen LogP contribution < -0.4 is 5.32 Å². The predicted molar refractivity (Wildman–Crippen MR) is 82.5 cm³/mol. The minimum atomic E-state index is -2.90. The van der Waals surface area contributed by atoms with Crippen LogP contribution in [0.5, 0.6) is 0 Å². The normalized spacial score (nSPS) is 30.4. The number of carbonyl (C=O) groups is 1. The van der Waals surface area contributed by atoms with Gasteiger partial charge in [-0.25, -0.2) is 4.79 Å². The van der Waals surface area contributed by atoms with Crippen molar-refractivity contribution in [3.63, 3.8) is 0 Å². The van der Waals surface area contributed by atoms with Crippen LogP contribution in [0.4, 0.5) is 4.79 Å². The number of aromatic nitrogens is 1.